The molecule has 1 saturated heterocycles. The Kier molecular flexibility index (Phi) is 6.92. The van der Waals surface area contributed by atoms with Crippen LogP contribution in [-0.4, -0.2) is 52.9 Å². The number of aromatic nitrogens is 1. The molecule has 3 aromatic rings. The zero-order chi connectivity index (χ0) is 23.4. The summed E-state index contributed by atoms with van der Waals surface area (Å²) in [6.07, 6.45) is 1.20. The minimum atomic E-state index is -0.313. The van der Waals surface area contributed by atoms with Crippen LogP contribution in [0, 0.1) is 12.8 Å². The quantitative estimate of drug-likeness (QED) is 0.565. The lowest BCUT2D eigenvalue weighted by atomic mass is 9.91. The molecule has 33 heavy (non-hydrogen) atoms. The Hall–Kier alpha value is -3.41. The minimum Gasteiger partial charge on any atom is -0.361 e. The minimum absolute atomic E-state index is 0.0994. The highest BCUT2D eigenvalue weighted by molar-refractivity contribution is 5.96. The standard InChI is InChI=1S/C27H31N3O3/c1-4-24-25(19(3)33-28-24)27(32)30-16-15-29(5-2)26(31)22(18-30)17-21-13-9-10-14-23(21)20-11-7-6-8-12-20/h6-14,22H,4-5,15-18H2,1-3H3. The van der Waals surface area contributed by atoms with E-state index >= 15 is 0 Å². The summed E-state index contributed by atoms with van der Waals surface area (Å²) in [5.41, 5.74) is 4.58. The van der Waals surface area contributed by atoms with Crippen molar-refractivity contribution >= 4 is 11.8 Å². The summed E-state index contributed by atoms with van der Waals surface area (Å²) < 4.78 is 5.31. The van der Waals surface area contributed by atoms with Gasteiger partial charge in [0.1, 0.15) is 11.3 Å². The van der Waals surface area contributed by atoms with Crippen molar-refractivity contribution in [2.75, 3.05) is 26.2 Å². The molecule has 0 saturated carbocycles. The van der Waals surface area contributed by atoms with E-state index in [2.05, 4.69) is 29.4 Å². The largest absolute Gasteiger partial charge is 0.361 e. The molecule has 1 fully saturated rings. The van der Waals surface area contributed by atoms with E-state index in [-0.39, 0.29) is 17.7 Å². The second-order valence-electron chi connectivity index (χ2n) is 8.51. The number of aryl methyl sites for hydroxylation is 2. The number of carbonyl (C=O) groups is 2. The van der Waals surface area contributed by atoms with Crippen LogP contribution in [0.5, 0.6) is 0 Å². The first kappa shape index (κ1) is 22.8. The topological polar surface area (TPSA) is 66.7 Å². The van der Waals surface area contributed by atoms with E-state index in [0.717, 1.165) is 16.7 Å². The summed E-state index contributed by atoms with van der Waals surface area (Å²) in [5, 5.41) is 4.05. The molecule has 6 nitrogen and oxygen atoms in total. The zero-order valence-electron chi connectivity index (χ0n) is 19.6. The van der Waals surface area contributed by atoms with Gasteiger partial charge in [-0.15, -0.1) is 0 Å². The number of carbonyl (C=O) groups excluding carboxylic acids is 2. The van der Waals surface area contributed by atoms with Crippen molar-refractivity contribution in [3.63, 3.8) is 0 Å². The van der Waals surface area contributed by atoms with E-state index in [9.17, 15) is 9.59 Å². The first-order valence-corrected chi connectivity index (χ1v) is 11.7. The molecule has 2 heterocycles. The van der Waals surface area contributed by atoms with Crippen LogP contribution in [0.25, 0.3) is 11.1 Å². The van der Waals surface area contributed by atoms with Crippen molar-refractivity contribution in [1.82, 2.24) is 15.0 Å². The van der Waals surface area contributed by atoms with E-state index in [0.29, 0.717) is 56.0 Å². The number of nitrogens with zero attached hydrogens (tertiary/aromatic N) is 3. The molecule has 1 aromatic heterocycles. The lowest BCUT2D eigenvalue weighted by molar-refractivity contribution is -0.134. The molecule has 0 spiro atoms. The number of likely N-dealkylation sites (N-methyl/N-ethyl adjacent to an activating group) is 1. The van der Waals surface area contributed by atoms with Crippen molar-refractivity contribution in [3.8, 4) is 11.1 Å². The number of benzene rings is 2. The molecule has 2 aromatic carbocycles. The lowest BCUT2D eigenvalue weighted by Crippen LogP contribution is -2.38. The number of hydrogen-bond donors (Lipinski definition) is 0. The third kappa shape index (κ3) is 4.70. The molecule has 172 valence electrons. The molecule has 1 atom stereocenters. The molecule has 1 unspecified atom stereocenters. The number of rotatable bonds is 6. The van der Waals surface area contributed by atoms with Gasteiger partial charge in [0.15, 0.2) is 0 Å². The Bertz CT molecular complexity index is 1120. The van der Waals surface area contributed by atoms with Gasteiger partial charge in [-0.25, -0.2) is 0 Å². The fourth-order valence-electron chi connectivity index (χ4n) is 4.65. The first-order valence-electron chi connectivity index (χ1n) is 11.7. The molecule has 0 bridgehead atoms. The highest BCUT2D eigenvalue weighted by Gasteiger charge is 2.34. The van der Waals surface area contributed by atoms with Gasteiger partial charge in [0.25, 0.3) is 5.91 Å². The average Bonchev–Trinajstić information content (AvgIpc) is 3.15. The van der Waals surface area contributed by atoms with Gasteiger partial charge in [0, 0.05) is 26.2 Å². The Balaban J connectivity index is 1.65. The van der Waals surface area contributed by atoms with Crippen molar-refractivity contribution in [2.24, 2.45) is 5.92 Å². The van der Waals surface area contributed by atoms with Crippen LogP contribution in [0.1, 0.15) is 41.2 Å². The van der Waals surface area contributed by atoms with Crippen LogP contribution in [0.2, 0.25) is 0 Å². The summed E-state index contributed by atoms with van der Waals surface area (Å²) in [6, 6.07) is 18.4. The Morgan fingerprint density at radius 2 is 1.79 bits per heavy atom. The van der Waals surface area contributed by atoms with Crippen molar-refractivity contribution in [2.45, 2.75) is 33.6 Å². The highest BCUT2D eigenvalue weighted by atomic mass is 16.5. The van der Waals surface area contributed by atoms with Gasteiger partial charge in [-0.2, -0.15) is 0 Å². The van der Waals surface area contributed by atoms with Crippen molar-refractivity contribution in [3.05, 3.63) is 77.2 Å². The number of amides is 2. The van der Waals surface area contributed by atoms with Crippen molar-refractivity contribution in [1.29, 1.82) is 0 Å². The van der Waals surface area contributed by atoms with Crippen LogP contribution in [-0.2, 0) is 17.6 Å². The molecule has 2 amide bonds. The summed E-state index contributed by atoms with van der Waals surface area (Å²) in [6.45, 7) is 7.77. The molecule has 6 heteroatoms. The summed E-state index contributed by atoms with van der Waals surface area (Å²) in [4.78, 5) is 30.6. The maximum absolute atomic E-state index is 13.5. The van der Waals surface area contributed by atoms with Crippen molar-refractivity contribution < 1.29 is 14.1 Å². The molecule has 4 rings (SSSR count). The molecule has 1 aliphatic heterocycles. The molecule has 0 radical (unpaired) electrons. The van der Waals surface area contributed by atoms with E-state index in [1.54, 1.807) is 6.92 Å². The van der Waals surface area contributed by atoms with Gasteiger partial charge in [-0.3, -0.25) is 9.59 Å². The van der Waals surface area contributed by atoms with Gasteiger partial charge in [-0.05, 0) is 43.4 Å². The van der Waals surface area contributed by atoms with Crippen LogP contribution < -0.4 is 0 Å². The van der Waals surface area contributed by atoms with Crippen LogP contribution in [0.15, 0.2) is 59.1 Å². The van der Waals surface area contributed by atoms with Gasteiger partial charge < -0.3 is 14.3 Å². The van der Waals surface area contributed by atoms with Crippen LogP contribution in [0.4, 0.5) is 0 Å². The predicted molar refractivity (Wildman–Crippen MR) is 128 cm³/mol. The van der Waals surface area contributed by atoms with E-state index in [1.807, 2.05) is 54.0 Å². The van der Waals surface area contributed by atoms with Crippen LogP contribution in [0.3, 0.4) is 0 Å². The van der Waals surface area contributed by atoms with Gasteiger partial charge in [0.05, 0.1) is 11.6 Å². The van der Waals surface area contributed by atoms with Gasteiger partial charge in [-0.1, -0.05) is 66.7 Å². The third-order valence-electron chi connectivity index (χ3n) is 6.46. The molecule has 1 aliphatic rings. The monoisotopic (exact) mass is 445 g/mol. The molecular weight excluding hydrogens is 414 g/mol. The molecular formula is C27H31N3O3. The maximum atomic E-state index is 13.5. The Morgan fingerprint density at radius 3 is 2.52 bits per heavy atom. The Labute approximate surface area is 195 Å². The highest BCUT2D eigenvalue weighted by Crippen LogP contribution is 2.28. The smallest absolute Gasteiger partial charge is 0.259 e. The van der Waals surface area contributed by atoms with E-state index in [4.69, 9.17) is 4.52 Å². The summed E-state index contributed by atoms with van der Waals surface area (Å²) >= 11 is 0. The first-order chi connectivity index (χ1) is 16.0. The average molecular weight is 446 g/mol. The Morgan fingerprint density at radius 1 is 1.06 bits per heavy atom. The fraction of sp³-hybridized carbons (Fsp3) is 0.370. The molecule has 0 N–H and O–H groups in total. The van der Waals surface area contributed by atoms with E-state index in [1.165, 1.54) is 0 Å². The molecule has 0 aliphatic carbocycles. The summed E-state index contributed by atoms with van der Waals surface area (Å²) in [5.74, 6) is 0.225. The second kappa shape index (κ2) is 10.0. The summed E-state index contributed by atoms with van der Waals surface area (Å²) in [7, 11) is 0. The second-order valence-corrected chi connectivity index (χ2v) is 8.51. The maximum Gasteiger partial charge on any atom is 0.259 e. The predicted octanol–water partition coefficient (Wildman–Crippen LogP) is 4.38. The zero-order valence-corrected chi connectivity index (χ0v) is 19.6. The SMILES string of the molecule is CCc1noc(C)c1C(=O)N1CCN(CC)C(=O)C(Cc2ccccc2-c2ccccc2)C1. The number of hydrogen-bond acceptors (Lipinski definition) is 4. The van der Waals surface area contributed by atoms with Crippen LogP contribution >= 0.6 is 0 Å². The van der Waals surface area contributed by atoms with Gasteiger partial charge in [0.2, 0.25) is 5.91 Å². The van der Waals surface area contributed by atoms with Gasteiger partial charge >= 0.3 is 0 Å². The lowest BCUT2D eigenvalue weighted by Gasteiger charge is -2.24. The normalized spacial score (nSPS) is 16.7. The van der Waals surface area contributed by atoms with E-state index < -0.39 is 0 Å². The third-order valence-corrected chi connectivity index (χ3v) is 6.46. The fourth-order valence-corrected chi connectivity index (χ4v) is 4.65.